The predicted octanol–water partition coefficient (Wildman–Crippen LogP) is 1.89. The molecule has 0 radical (unpaired) electrons. The van der Waals surface area contributed by atoms with Gasteiger partial charge in [-0.25, -0.2) is 0 Å². The minimum atomic E-state index is -0.310. The largest absolute Gasteiger partial charge is 0.389 e. The van der Waals surface area contributed by atoms with Gasteiger partial charge in [-0.05, 0) is 20.3 Å². The number of aliphatic hydroxyl groups is 1. The van der Waals surface area contributed by atoms with Crippen LogP contribution in [0, 0.1) is 0 Å². The molecule has 0 aliphatic rings. The molecule has 0 aromatic rings. The minimum Gasteiger partial charge on any atom is -0.389 e. The Morgan fingerprint density at radius 1 is 1.44 bits per heavy atom. The SMILES string of the molecule is C/C=C/C/C=C\[C@H](C)O. The lowest BCUT2D eigenvalue weighted by molar-refractivity contribution is 0.244. The van der Waals surface area contributed by atoms with Gasteiger partial charge in [0.25, 0.3) is 0 Å². The molecule has 0 fully saturated rings. The molecule has 0 spiro atoms. The Morgan fingerprint density at radius 2 is 2.11 bits per heavy atom. The van der Waals surface area contributed by atoms with Crippen molar-refractivity contribution in [2.24, 2.45) is 0 Å². The molecule has 1 atom stereocenters. The van der Waals surface area contributed by atoms with Gasteiger partial charge in [0.15, 0.2) is 0 Å². The number of hydrogen-bond acceptors (Lipinski definition) is 1. The molecule has 52 valence electrons. The molecule has 0 bridgehead atoms. The predicted molar refractivity (Wildman–Crippen MR) is 40.3 cm³/mol. The van der Waals surface area contributed by atoms with Gasteiger partial charge in [-0.2, -0.15) is 0 Å². The number of aliphatic hydroxyl groups excluding tert-OH is 1. The molecule has 0 saturated heterocycles. The lowest BCUT2D eigenvalue weighted by Crippen LogP contribution is -1.90. The molecule has 0 unspecified atom stereocenters. The summed E-state index contributed by atoms with van der Waals surface area (Å²) >= 11 is 0. The second-order valence-corrected chi connectivity index (χ2v) is 1.97. The zero-order chi connectivity index (χ0) is 7.11. The van der Waals surface area contributed by atoms with Crippen molar-refractivity contribution >= 4 is 0 Å². The number of rotatable bonds is 3. The van der Waals surface area contributed by atoms with Gasteiger partial charge >= 0.3 is 0 Å². The van der Waals surface area contributed by atoms with Gasteiger partial charge in [-0.15, -0.1) is 0 Å². The molecule has 1 N–H and O–H groups in total. The van der Waals surface area contributed by atoms with Crippen molar-refractivity contribution in [3.05, 3.63) is 24.3 Å². The van der Waals surface area contributed by atoms with E-state index in [9.17, 15) is 0 Å². The standard InChI is InChI=1S/C8H14O/c1-3-4-5-6-7-8(2)9/h3-4,6-9H,5H2,1-2H3/b4-3+,7-6-/t8-/m0/s1. The van der Waals surface area contributed by atoms with Gasteiger partial charge in [0.2, 0.25) is 0 Å². The molecule has 0 aromatic carbocycles. The lowest BCUT2D eigenvalue weighted by atomic mass is 10.3. The molecule has 0 aliphatic carbocycles. The maximum atomic E-state index is 8.74. The van der Waals surface area contributed by atoms with Crippen LogP contribution in [0.1, 0.15) is 20.3 Å². The van der Waals surface area contributed by atoms with Gasteiger partial charge in [0.1, 0.15) is 0 Å². The van der Waals surface area contributed by atoms with Gasteiger partial charge in [-0.1, -0.05) is 24.3 Å². The van der Waals surface area contributed by atoms with Crippen LogP contribution in [0.3, 0.4) is 0 Å². The van der Waals surface area contributed by atoms with E-state index in [0.29, 0.717) is 0 Å². The zero-order valence-electron chi connectivity index (χ0n) is 6.04. The Hall–Kier alpha value is -0.560. The van der Waals surface area contributed by atoms with Gasteiger partial charge in [-0.3, -0.25) is 0 Å². The van der Waals surface area contributed by atoms with Crippen molar-refractivity contribution in [3.8, 4) is 0 Å². The van der Waals surface area contributed by atoms with Crippen molar-refractivity contribution in [3.63, 3.8) is 0 Å². The first kappa shape index (κ1) is 8.44. The molecule has 0 saturated carbocycles. The summed E-state index contributed by atoms with van der Waals surface area (Å²) in [4.78, 5) is 0. The molecule has 0 aromatic heterocycles. The first-order chi connectivity index (χ1) is 4.27. The molecule has 0 rings (SSSR count). The van der Waals surface area contributed by atoms with E-state index < -0.39 is 0 Å². The van der Waals surface area contributed by atoms with Crippen LogP contribution < -0.4 is 0 Å². The first-order valence-electron chi connectivity index (χ1n) is 3.23. The maximum Gasteiger partial charge on any atom is 0.0692 e. The normalized spacial score (nSPS) is 15.4. The van der Waals surface area contributed by atoms with E-state index >= 15 is 0 Å². The Balaban J connectivity index is 3.25. The minimum absolute atomic E-state index is 0.310. The fraction of sp³-hybridized carbons (Fsp3) is 0.500. The van der Waals surface area contributed by atoms with Crippen LogP contribution in [0.4, 0.5) is 0 Å². The van der Waals surface area contributed by atoms with Crippen LogP contribution >= 0.6 is 0 Å². The van der Waals surface area contributed by atoms with Crippen molar-refractivity contribution in [2.75, 3.05) is 0 Å². The van der Waals surface area contributed by atoms with Gasteiger partial charge in [0, 0.05) is 0 Å². The number of allylic oxidation sites excluding steroid dienone is 3. The molecule has 0 heterocycles. The molecule has 0 aliphatic heterocycles. The Bertz CT molecular complexity index is 101. The summed E-state index contributed by atoms with van der Waals surface area (Å²) in [5.74, 6) is 0. The Labute approximate surface area is 56.7 Å². The third-order valence-electron chi connectivity index (χ3n) is 0.922. The van der Waals surface area contributed by atoms with E-state index in [0.717, 1.165) is 6.42 Å². The molecule has 1 nitrogen and oxygen atoms in total. The fourth-order valence-electron chi connectivity index (χ4n) is 0.490. The summed E-state index contributed by atoms with van der Waals surface area (Å²) in [7, 11) is 0. The van der Waals surface area contributed by atoms with Crippen LogP contribution in [0.15, 0.2) is 24.3 Å². The summed E-state index contributed by atoms with van der Waals surface area (Å²) in [5, 5.41) is 8.74. The molecule has 0 amide bonds. The second kappa shape index (κ2) is 5.57. The number of hydrogen-bond donors (Lipinski definition) is 1. The highest BCUT2D eigenvalue weighted by Crippen LogP contribution is 1.88. The monoisotopic (exact) mass is 126 g/mol. The van der Waals surface area contributed by atoms with Crippen molar-refractivity contribution in [1.29, 1.82) is 0 Å². The third kappa shape index (κ3) is 7.44. The zero-order valence-corrected chi connectivity index (χ0v) is 6.04. The van der Waals surface area contributed by atoms with Crippen LogP contribution in [-0.4, -0.2) is 11.2 Å². The molecular weight excluding hydrogens is 112 g/mol. The average Bonchev–Trinajstić information content (AvgIpc) is 1.80. The van der Waals surface area contributed by atoms with Crippen LogP contribution in [0.5, 0.6) is 0 Å². The van der Waals surface area contributed by atoms with Crippen LogP contribution in [0.25, 0.3) is 0 Å². The van der Waals surface area contributed by atoms with Crippen molar-refractivity contribution < 1.29 is 5.11 Å². The molecule has 1 heteroatoms. The summed E-state index contributed by atoms with van der Waals surface area (Å²) in [6, 6.07) is 0. The quantitative estimate of drug-likeness (QED) is 0.572. The van der Waals surface area contributed by atoms with Crippen LogP contribution in [-0.2, 0) is 0 Å². The highest BCUT2D eigenvalue weighted by molar-refractivity contribution is 4.93. The van der Waals surface area contributed by atoms with E-state index in [-0.39, 0.29) is 6.10 Å². The van der Waals surface area contributed by atoms with Crippen molar-refractivity contribution in [2.45, 2.75) is 26.4 Å². The Kier molecular flexibility index (Phi) is 5.23. The highest BCUT2D eigenvalue weighted by Gasteiger charge is 1.80. The maximum absolute atomic E-state index is 8.74. The van der Waals surface area contributed by atoms with Gasteiger partial charge in [0.05, 0.1) is 6.10 Å². The summed E-state index contributed by atoms with van der Waals surface area (Å²) in [6.07, 6.45) is 8.37. The van der Waals surface area contributed by atoms with E-state index in [1.54, 1.807) is 13.0 Å². The smallest absolute Gasteiger partial charge is 0.0692 e. The first-order valence-corrected chi connectivity index (χ1v) is 3.23. The van der Waals surface area contributed by atoms with E-state index in [2.05, 4.69) is 0 Å². The average molecular weight is 126 g/mol. The molecular formula is C8H14O. The van der Waals surface area contributed by atoms with E-state index in [1.807, 2.05) is 25.2 Å². The Morgan fingerprint density at radius 3 is 2.56 bits per heavy atom. The third-order valence-corrected chi connectivity index (χ3v) is 0.922. The topological polar surface area (TPSA) is 20.2 Å². The van der Waals surface area contributed by atoms with E-state index in [1.165, 1.54) is 0 Å². The van der Waals surface area contributed by atoms with Crippen molar-refractivity contribution in [1.82, 2.24) is 0 Å². The molecule has 9 heavy (non-hydrogen) atoms. The summed E-state index contributed by atoms with van der Waals surface area (Å²) < 4.78 is 0. The summed E-state index contributed by atoms with van der Waals surface area (Å²) in [6.45, 7) is 3.72. The fourth-order valence-corrected chi connectivity index (χ4v) is 0.490. The highest BCUT2D eigenvalue weighted by atomic mass is 16.3. The van der Waals surface area contributed by atoms with Crippen LogP contribution in [0.2, 0.25) is 0 Å². The summed E-state index contributed by atoms with van der Waals surface area (Å²) in [5.41, 5.74) is 0. The second-order valence-electron chi connectivity index (χ2n) is 1.97. The lowest BCUT2D eigenvalue weighted by Gasteiger charge is -1.89. The van der Waals surface area contributed by atoms with E-state index in [4.69, 9.17) is 5.11 Å². The van der Waals surface area contributed by atoms with Gasteiger partial charge < -0.3 is 5.11 Å².